The molecule has 0 amide bonds. The van der Waals surface area contributed by atoms with Gasteiger partial charge in [-0.05, 0) is 61.0 Å². The van der Waals surface area contributed by atoms with Crippen molar-refractivity contribution < 1.29 is 8.78 Å². The summed E-state index contributed by atoms with van der Waals surface area (Å²) in [5, 5.41) is 29.5. The highest BCUT2D eigenvalue weighted by Gasteiger charge is 2.24. The summed E-state index contributed by atoms with van der Waals surface area (Å²) in [6.45, 7) is 1.71. The van der Waals surface area contributed by atoms with Crippen molar-refractivity contribution in [2.24, 2.45) is 0 Å². The summed E-state index contributed by atoms with van der Waals surface area (Å²) in [7, 11) is 0. The molecule has 1 unspecified atom stereocenters. The highest BCUT2D eigenvalue weighted by Crippen LogP contribution is 2.38. The van der Waals surface area contributed by atoms with E-state index < -0.39 is 11.9 Å². The van der Waals surface area contributed by atoms with Gasteiger partial charge in [0.15, 0.2) is 0 Å². The summed E-state index contributed by atoms with van der Waals surface area (Å²) in [4.78, 5) is 4.57. The van der Waals surface area contributed by atoms with Crippen molar-refractivity contribution in [2.75, 3.05) is 23.7 Å². The molecule has 0 radical (unpaired) electrons. The summed E-state index contributed by atoms with van der Waals surface area (Å²) >= 11 is 12.6. The average Bonchev–Trinajstić information content (AvgIpc) is 3.67. The Labute approximate surface area is 243 Å². The number of nitrogens with one attached hydrogen (secondary N) is 3. The van der Waals surface area contributed by atoms with Crippen molar-refractivity contribution >= 4 is 51.2 Å². The minimum absolute atomic E-state index is 0.0594. The minimum Gasteiger partial charge on any atom is -0.371 e. The van der Waals surface area contributed by atoms with Crippen LogP contribution in [0.5, 0.6) is 0 Å². The molecule has 1 aliphatic heterocycles. The first-order valence-corrected chi connectivity index (χ1v) is 13.5. The van der Waals surface area contributed by atoms with Gasteiger partial charge in [0, 0.05) is 28.8 Å². The Morgan fingerprint density at radius 3 is 2.66 bits per heavy atom. The first-order valence-electron chi connectivity index (χ1n) is 12.8. The molecule has 2 atom stereocenters. The third kappa shape index (κ3) is 5.52. The molecule has 1 aliphatic rings. The number of hydrogen-bond acceptors (Lipinski definition) is 7. The number of hydrogen-bond donors (Lipinski definition) is 3. The highest BCUT2D eigenvalue weighted by molar-refractivity contribution is 6.32. The van der Waals surface area contributed by atoms with Crippen LogP contribution in [0, 0.1) is 23.0 Å². The second kappa shape index (κ2) is 11.3. The van der Waals surface area contributed by atoms with Crippen LogP contribution in [0.3, 0.4) is 0 Å². The van der Waals surface area contributed by atoms with Crippen molar-refractivity contribution in [3.05, 3.63) is 105 Å². The molecule has 41 heavy (non-hydrogen) atoms. The van der Waals surface area contributed by atoms with Crippen molar-refractivity contribution in [2.45, 2.75) is 18.5 Å². The summed E-state index contributed by atoms with van der Waals surface area (Å²) in [5.41, 5.74) is 3.64. The molecule has 5 aromatic rings. The zero-order chi connectivity index (χ0) is 28.5. The molecule has 0 bridgehead atoms. The average molecular weight is 591 g/mol. The Bertz CT molecular complexity index is 1780. The van der Waals surface area contributed by atoms with Crippen LogP contribution in [0.2, 0.25) is 10.0 Å². The van der Waals surface area contributed by atoms with E-state index in [1.165, 1.54) is 36.5 Å². The van der Waals surface area contributed by atoms with Crippen molar-refractivity contribution in [3.8, 4) is 6.07 Å². The van der Waals surface area contributed by atoms with Crippen LogP contribution in [0.4, 0.5) is 25.8 Å². The van der Waals surface area contributed by atoms with Crippen molar-refractivity contribution in [1.82, 2.24) is 25.3 Å². The standard InChI is InChI=1S/C29H22Cl2F2N8/c30-18-9-22-27(37-20-5-6-24(33)23(31)11-20)17(12-34)13-36-29(22)25(10-18)38-28(16-1-3-19(32)4-2-16)26-15-41(40-39-26)21-7-8-35-14-21/h1-6,9-11,13,15,21,28,35,38H,7-8,14H2,(H,36,37)/t21-,28?/m1/s1. The van der Waals surface area contributed by atoms with Gasteiger partial charge < -0.3 is 16.0 Å². The fourth-order valence-corrected chi connectivity index (χ4v) is 5.32. The van der Waals surface area contributed by atoms with Crippen molar-refractivity contribution in [3.63, 3.8) is 0 Å². The Kier molecular flexibility index (Phi) is 7.41. The maximum absolute atomic E-state index is 13.8. The van der Waals surface area contributed by atoms with Gasteiger partial charge in [-0.25, -0.2) is 13.5 Å². The predicted octanol–water partition coefficient (Wildman–Crippen LogP) is 6.76. The lowest BCUT2D eigenvalue weighted by Crippen LogP contribution is -2.15. The van der Waals surface area contributed by atoms with E-state index in [2.05, 4.69) is 37.3 Å². The maximum Gasteiger partial charge on any atom is 0.141 e. The van der Waals surface area contributed by atoms with Gasteiger partial charge in [-0.3, -0.25) is 4.98 Å². The van der Waals surface area contributed by atoms with E-state index in [1.807, 2.05) is 10.9 Å². The van der Waals surface area contributed by atoms with Crippen LogP contribution < -0.4 is 16.0 Å². The summed E-state index contributed by atoms with van der Waals surface area (Å²) in [6.07, 6.45) is 4.28. The van der Waals surface area contributed by atoms with Gasteiger partial charge >= 0.3 is 0 Å². The van der Waals surface area contributed by atoms with E-state index >= 15 is 0 Å². The molecule has 6 rings (SSSR count). The molecule has 206 valence electrons. The predicted molar refractivity (Wildman–Crippen MR) is 155 cm³/mol. The molecule has 0 aliphatic carbocycles. The normalized spacial score (nSPS) is 15.5. The van der Waals surface area contributed by atoms with Crippen LogP contribution in [0.25, 0.3) is 10.9 Å². The Hall–Kier alpha value is -4.30. The zero-order valence-electron chi connectivity index (χ0n) is 21.4. The van der Waals surface area contributed by atoms with Gasteiger partial charge in [0.2, 0.25) is 0 Å². The lowest BCUT2D eigenvalue weighted by Gasteiger charge is -2.21. The Morgan fingerprint density at radius 2 is 1.93 bits per heavy atom. The molecule has 8 nitrogen and oxygen atoms in total. The number of pyridine rings is 1. The minimum atomic E-state index is -0.556. The second-order valence-electron chi connectivity index (χ2n) is 9.66. The van der Waals surface area contributed by atoms with E-state index in [-0.39, 0.29) is 22.4 Å². The summed E-state index contributed by atoms with van der Waals surface area (Å²) < 4.78 is 29.5. The summed E-state index contributed by atoms with van der Waals surface area (Å²) in [5.74, 6) is -0.913. The van der Waals surface area contributed by atoms with Gasteiger partial charge in [0.25, 0.3) is 0 Å². The van der Waals surface area contributed by atoms with Crippen LogP contribution in [0.15, 0.2) is 67.0 Å². The molecule has 3 heterocycles. The van der Waals surface area contributed by atoms with Gasteiger partial charge in [0.1, 0.15) is 23.4 Å². The largest absolute Gasteiger partial charge is 0.371 e. The lowest BCUT2D eigenvalue weighted by molar-refractivity contribution is 0.476. The number of aromatic nitrogens is 4. The van der Waals surface area contributed by atoms with Gasteiger partial charge in [-0.15, -0.1) is 5.10 Å². The number of nitriles is 1. The SMILES string of the molecule is N#Cc1cnc2c(NC(c3ccc(F)cc3)c3cn([C@@H]4CCNC4)nn3)cc(Cl)cc2c1Nc1ccc(F)c(Cl)c1. The number of benzene rings is 3. The number of anilines is 3. The third-order valence-electron chi connectivity index (χ3n) is 6.98. The molecule has 3 aromatic carbocycles. The van der Waals surface area contributed by atoms with Crippen LogP contribution >= 0.6 is 23.2 Å². The van der Waals surface area contributed by atoms with Crippen molar-refractivity contribution in [1.29, 1.82) is 5.26 Å². The van der Waals surface area contributed by atoms with E-state index in [0.717, 1.165) is 25.1 Å². The Morgan fingerprint density at radius 1 is 1.10 bits per heavy atom. The topological polar surface area (TPSA) is 103 Å². The smallest absolute Gasteiger partial charge is 0.141 e. The molecular weight excluding hydrogens is 569 g/mol. The number of halogens is 4. The van der Waals surface area contributed by atoms with E-state index in [9.17, 15) is 14.0 Å². The second-order valence-corrected chi connectivity index (χ2v) is 10.5. The molecule has 1 fully saturated rings. The first kappa shape index (κ1) is 26.9. The molecule has 12 heteroatoms. The van der Waals surface area contributed by atoms with Crippen LogP contribution in [-0.2, 0) is 0 Å². The van der Waals surface area contributed by atoms with E-state index in [4.69, 9.17) is 23.2 Å². The number of fused-ring (bicyclic) bond motifs is 1. The fraction of sp³-hybridized carbons (Fsp3) is 0.172. The molecule has 1 saturated heterocycles. The molecule has 0 spiro atoms. The highest BCUT2D eigenvalue weighted by atomic mass is 35.5. The third-order valence-corrected chi connectivity index (χ3v) is 7.49. The Balaban J connectivity index is 1.44. The maximum atomic E-state index is 13.8. The number of rotatable bonds is 7. The van der Waals surface area contributed by atoms with Gasteiger partial charge in [-0.1, -0.05) is 40.5 Å². The monoisotopic (exact) mass is 590 g/mol. The molecule has 0 saturated carbocycles. The van der Waals surface area contributed by atoms with E-state index in [0.29, 0.717) is 38.7 Å². The van der Waals surface area contributed by atoms with Crippen LogP contribution in [-0.4, -0.2) is 33.1 Å². The lowest BCUT2D eigenvalue weighted by atomic mass is 10.0. The molecule has 2 aromatic heterocycles. The van der Waals surface area contributed by atoms with Gasteiger partial charge in [-0.2, -0.15) is 5.26 Å². The first-order chi connectivity index (χ1) is 19.9. The van der Waals surface area contributed by atoms with Gasteiger partial charge in [0.05, 0.1) is 45.8 Å². The summed E-state index contributed by atoms with van der Waals surface area (Å²) in [6, 6.07) is 15.6. The van der Waals surface area contributed by atoms with Crippen LogP contribution in [0.1, 0.15) is 35.3 Å². The quantitative estimate of drug-likeness (QED) is 0.192. The molecule has 3 N–H and O–H groups in total. The molecular formula is C29H22Cl2F2N8. The number of nitrogens with zero attached hydrogens (tertiary/aromatic N) is 5. The fourth-order valence-electron chi connectivity index (χ4n) is 4.92. The van der Waals surface area contributed by atoms with E-state index in [1.54, 1.807) is 24.3 Å². The zero-order valence-corrected chi connectivity index (χ0v) is 22.9.